The van der Waals surface area contributed by atoms with Crippen LogP contribution in [0.4, 0.5) is 5.82 Å². The van der Waals surface area contributed by atoms with Gasteiger partial charge in [0.05, 0.1) is 50.5 Å². The minimum atomic E-state index is -1.71. The van der Waals surface area contributed by atoms with Crippen LogP contribution in [0.2, 0.25) is 0 Å². The SMILES string of the molecule is COc1ccc(C(OC[C@H]2O[C@@H](n3cc(Br)c(NC(=O)c4ccccc4)nc3=O)C[C@@H]2OP(OCCC#N)N(C(C)C)C(C)C)(c2ccccc2)c2ccc(OC)cc2)cc1. The number of hydrogen-bond acceptors (Lipinski definition) is 11. The van der Waals surface area contributed by atoms with Crippen LogP contribution in [0.25, 0.3) is 0 Å². The van der Waals surface area contributed by atoms with Crippen molar-refractivity contribution >= 4 is 36.2 Å². The standard InChI is InChI=1S/C46H51BrN5O8P/c1-31(2)52(32(3)4)61(58-27-13-26-48)60-40-28-42(51-29-39(47)43(50-45(51)54)49-44(53)33-14-9-7-10-15-33)59-41(40)30-57-46(34-16-11-8-12-17-34,35-18-22-37(55-5)23-19-35)36-20-24-38(56-6)25-21-36/h7-12,14-25,29,31-32,40-42H,13,27-28,30H2,1-6H3,(H,49,50,53,54)/t40-,41+,42+,61?/m0/s1. The van der Waals surface area contributed by atoms with Crippen LogP contribution in [0.3, 0.4) is 0 Å². The van der Waals surface area contributed by atoms with Crippen LogP contribution >= 0.6 is 24.5 Å². The van der Waals surface area contributed by atoms with E-state index in [0.717, 1.165) is 16.7 Å². The topological polar surface area (TPSA) is 146 Å². The summed E-state index contributed by atoms with van der Waals surface area (Å²) in [4.78, 5) is 31.1. The normalized spacial score (nSPS) is 17.0. The van der Waals surface area contributed by atoms with Gasteiger partial charge in [-0.15, -0.1) is 0 Å². The summed E-state index contributed by atoms with van der Waals surface area (Å²) in [7, 11) is 1.54. The Morgan fingerprint density at radius 2 is 1.48 bits per heavy atom. The zero-order chi connectivity index (χ0) is 43.5. The quantitative estimate of drug-likeness (QED) is 0.0481. The number of carbonyl (C=O) groups excluding carboxylic acids is 1. The Bertz CT molecular complexity index is 2240. The molecule has 5 aromatic rings. The molecule has 0 spiro atoms. The highest BCUT2D eigenvalue weighted by molar-refractivity contribution is 9.10. The molecule has 1 fully saturated rings. The van der Waals surface area contributed by atoms with Gasteiger partial charge in [0, 0.05) is 30.3 Å². The fraction of sp³-hybridized carbons (Fsp3) is 0.348. The van der Waals surface area contributed by atoms with Gasteiger partial charge in [-0.3, -0.25) is 9.36 Å². The van der Waals surface area contributed by atoms with Gasteiger partial charge in [0.25, 0.3) is 14.4 Å². The fourth-order valence-electron chi connectivity index (χ4n) is 7.33. The second-order valence-corrected chi connectivity index (χ2v) is 17.1. The van der Waals surface area contributed by atoms with Crippen molar-refractivity contribution in [1.29, 1.82) is 5.26 Å². The van der Waals surface area contributed by atoms with E-state index in [1.807, 2.05) is 84.9 Å². The second-order valence-electron chi connectivity index (χ2n) is 14.8. The molecule has 61 heavy (non-hydrogen) atoms. The third-order valence-corrected chi connectivity index (χ3v) is 12.9. The number of benzene rings is 4. The van der Waals surface area contributed by atoms with Gasteiger partial charge in [0.15, 0.2) is 5.82 Å². The van der Waals surface area contributed by atoms with Crippen molar-refractivity contribution in [2.75, 3.05) is 32.8 Å². The number of amides is 1. The summed E-state index contributed by atoms with van der Waals surface area (Å²) in [5.41, 5.74) is 1.16. The third kappa shape index (κ3) is 10.7. The molecule has 0 bridgehead atoms. The van der Waals surface area contributed by atoms with Gasteiger partial charge in [-0.1, -0.05) is 72.8 Å². The van der Waals surface area contributed by atoms with Crippen LogP contribution in [-0.4, -0.2) is 71.9 Å². The molecule has 1 aliphatic heterocycles. The fourth-order valence-corrected chi connectivity index (χ4v) is 9.50. The number of aromatic nitrogens is 2. The first-order chi connectivity index (χ1) is 29.5. The number of ether oxygens (including phenoxy) is 4. The molecule has 0 saturated carbocycles. The Morgan fingerprint density at radius 3 is 2.02 bits per heavy atom. The van der Waals surface area contributed by atoms with Crippen molar-refractivity contribution < 1.29 is 32.8 Å². The Balaban J connectivity index is 1.41. The molecule has 1 amide bonds. The number of anilines is 1. The molecule has 15 heteroatoms. The van der Waals surface area contributed by atoms with E-state index in [0.29, 0.717) is 21.5 Å². The molecule has 1 unspecified atom stereocenters. The molecule has 6 rings (SSSR count). The monoisotopic (exact) mass is 911 g/mol. The largest absolute Gasteiger partial charge is 0.497 e. The van der Waals surface area contributed by atoms with E-state index in [4.69, 9.17) is 28.0 Å². The van der Waals surface area contributed by atoms with Gasteiger partial charge in [0.2, 0.25) is 0 Å². The summed E-state index contributed by atoms with van der Waals surface area (Å²) >= 11 is 3.52. The van der Waals surface area contributed by atoms with Crippen molar-refractivity contribution in [2.45, 2.75) is 76.7 Å². The van der Waals surface area contributed by atoms with E-state index in [1.54, 1.807) is 44.7 Å². The number of rotatable bonds is 19. The number of methoxy groups -OCH3 is 2. The molecule has 1 saturated heterocycles. The lowest BCUT2D eigenvalue weighted by atomic mass is 9.80. The van der Waals surface area contributed by atoms with Crippen LogP contribution in [0, 0.1) is 11.3 Å². The zero-order valence-electron chi connectivity index (χ0n) is 35.1. The molecule has 2 heterocycles. The van der Waals surface area contributed by atoms with Gasteiger partial charge >= 0.3 is 5.69 Å². The number of halogens is 1. The average Bonchev–Trinajstić information content (AvgIpc) is 3.67. The Morgan fingerprint density at radius 1 is 0.918 bits per heavy atom. The molecule has 1 aromatic heterocycles. The molecule has 0 aliphatic carbocycles. The summed E-state index contributed by atoms with van der Waals surface area (Å²) in [6.45, 7) is 8.46. The molecule has 13 nitrogen and oxygen atoms in total. The maximum Gasteiger partial charge on any atom is 0.351 e. The van der Waals surface area contributed by atoms with Gasteiger partial charge in [-0.2, -0.15) is 10.2 Å². The predicted octanol–water partition coefficient (Wildman–Crippen LogP) is 9.23. The van der Waals surface area contributed by atoms with Crippen LogP contribution < -0.4 is 20.5 Å². The highest BCUT2D eigenvalue weighted by Gasteiger charge is 2.45. The average molecular weight is 913 g/mol. The van der Waals surface area contributed by atoms with E-state index in [1.165, 1.54) is 4.57 Å². The van der Waals surface area contributed by atoms with Crippen LogP contribution in [0.15, 0.2) is 125 Å². The van der Waals surface area contributed by atoms with E-state index < -0.39 is 44.2 Å². The first kappa shape index (κ1) is 45.6. The second kappa shape index (κ2) is 21.2. The summed E-state index contributed by atoms with van der Waals surface area (Å²) in [6.07, 6.45) is -0.255. The number of nitrogens with zero attached hydrogens (tertiary/aromatic N) is 4. The smallest absolute Gasteiger partial charge is 0.351 e. The predicted molar refractivity (Wildman–Crippen MR) is 237 cm³/mol. The number of nitrogens with one attached hydrogen (secondary N) is 1. The van der Waals surface area contributed by atoms with E-state index in [9.17, 15) is 14.9 Å². The molecular weight excluding hydrogens is 861 g/mol. The third-order valence-electron chi connectivity index (χ3n) is 10.2. The van der Waals surface area contributed by atoms with Crippen molar-refractivity contribution in [1.82, 2.24) is 14.2 Å². The summed E-state index contributed by atoms with van der Waals surface area (Å²) in [5.74, 6) is 1.05. The molecule has 0 radical (unpaired) electrons. The summed E-state index contributed by atoms with van der Waals surface area (Å²) in [5, 5.41) is 12.1. The molecule has 1 N–H and O–H groups in total. The van der Waals surface area contributed by atoms with Gasteiger partial charge in [0.1, 0.15) is 29.4 Å². The van der Waals surface area contributed by atoms with E-state index in [2.05, 4.69) is 64.7 Å². The van der Waals surface area contributed by atoms with Crippen molar-refractivity contribution in [2.24, 2.45) is 0 Å². The zero-order valence-corrected chi connectivity index (χ0v) is 37.5. The highest BCUT2D eigenvalue weighted by Crippen LogP contribution is 2.51. The first-order valence-electron chi connectivity index (χ1n) is 20.0. The van der Waals surface area contributed by atoms with E-state index in [-0.39, 0.29) is 44.0 Å². The van der Waals surface area contributed by atoms with Crippen LogP contribution in [0.1, 0.15) is 73.8 Å². The Labute approximate surface area is 366 Å². The van der Waals surface area contributed by atoms with Crippen molar-refractivity contribution in [3.63, 3.8) is 0 Å². The minimum Gasteiger partial charge on any atom is -0.497 e. The number of nitriles is 1. The molecular formula is C46H51BrN5O8P. The molecule has 1 aliphatic rings. The van der Waals surface area contributed by atoms with Crippen molar-refractivity contribution in [3.8, 4) is 17.6 Å². The maximum atomic E-state index is 13.8. The van der Waals surface area contributed by atoms with Gasteiger partial charge in [-0.05, 0) is 96.7 Å². The lowest BCUT2D eigenvalue weighted by Gasteiger charge is -2.39. The van der Waals surface area contributed by atoms with Crippen LogP contribution in [-0.2, 0) is 24.1 Å². The van der Waals surface area contributed by atoms with Crippen LogP contribution in [0.5, 0.6) is 11.5 Å². The van der Waals surface area contributed by atoms with Gasteiger partial charge in [-0.25, -0.2) is 9.46 Å². The lowest BCUT2D eigenvalue weighted by molar-refractivity contribution is -0.0925. The minimum absolute atomic E-state index is 0.00735. The van der Waals surface area contributed by atoms with E-state index >= 15 is 0 Å². The number of hydrogen-bond donors (Lipinski definition) is 1. The molecule has 320 valence electrons. The highest BCUT2D eigenvalue weighted by atomic mass is 79.9. The first-order valence-corrected chi connectivity index (χ1v) is 22.0. The lowest BCUT2D eigenvalue weighted by Crippen LogP contribution is -2.39. The summed E-state index contributed by atoms with van der Waals surface area (Å²) in [6, 6.07) is 36.4. The Kier molecular flexibility index (Phi) is 15.8. The summed E-state index contributed by atoms with van der Waals surface area (Å²) < 4.78 is 42.4. The maximum absolute atomic E-state index is 13.8. The Hall–Kier alpha value is -4.97. The molecule has 4 atom stereocenters. The van der Waals surface area contributed by atoms with Gasteiger partial charge < -0.3 is 33.3 Å². The van der Waals surface area contributed by atoms with Crippen molar-refractivity contribution in [3.05, 3.63) is 153 Å². The number of carbonyl (C=O) groups is 1. The molecule has 4 aromatic carbocycles.